The molecule has 1 aliphatic heterocycles. The maximum atomic E-state index is 10.9. The van der Waals surface area contributed by atoms with Crippen molar-refractivity contribution in [3.8, 4) is 5.75 Å². The summed E-state index contributed by atoms with van der Waals surface area (Å²) in [5, 5.41) is 10.9. The van der Waals surface area contributed by atoms with E-state index in [1.807, 2.05) is 54.6 Å². The number of phenolic OH excluding ortho intramolecular Hbond substituents is 1. The third-order valence-corrected chi connectivity index (χ3v) is 6.53. The molecule has 35 heavy (non-hydrogen) atoms. The van der Waals surface area contributed by atoms with Gasteiger partial charge in [0.1, 0.15) is 11.9 Å². The van der Waals surface area contributed by atoms with Crippen molar-refractivity contribution in [3.05, 3.63) is 87.9 Å². The fourth-order valence-electron chi connectivity index (χ4n) is 4.19. The molecule has 4 rings (SSSR count). The first kappa shape index (κ1) is 26.1. The molecule has 188 valence electrons. The monoisotopic (exact) mass is 544 g/mol. The molecule has 1 N–H and O–H groups in total. The number of benzene rings is 2. The predicted molar refractivity (Wildman–Crippen MR) is 137 cm³/mol. The molecule has 1 unspecified atom stereocenters. The van der Waals surface area contributed by atoms with Gasteiger partial charge in [-0.1, -0.05) is 70.6 Å². The minimum atomic E-state index is -0.234. The van der Waals surface area contributed by atoms with Crippen molar-refractivity contribution in [2.24, 2.45) is 5.92 Å². The lowest BCUT2D eigenvalue weighted by atomic mass is 9.95. The minimum absolute atomic E-state index is 0.102. The Kier molecular flexibility index (Phi) is 10.4. The standard InChI is InChI=1S/C28H33BrO6/c29-25-15-23-17-32-19-26(21-7-3-1-4-8-21)34-13-11-31-12-14-35-27(22-9-5-2-6-10-22)20-33-18-24(16-25)28(23)30/h1-9,15-16,22,26-27,30H,10-14,17-20H2/t22?,26-,27-/m1/s1. The first-order valence-electron chi connectivity index (χ1n) is 12.1. The van der Waals surface area contributed by atoms with E-state index in [1.165, 1.54) is 0 Å². The number of hydrogen-bond donors (Lipinski definition) is 1. The second-order valence-electron chi connectivity index (χ2n) is 8.61. The summed E-state index contributed by atoms with van der Waals surface area (Å²) in [7, 11) is 0. The van der Waals surface area contributed by atoms with E-state index in [1.54, 1.807) is 0 Å². The van der Waals surface area contributed by atoms with Gasteiger partial charge in [0, 0.05) is 21.5 Å². The molecule has 0 radical (unpaired) electrons. The summed E-state index contributed by atoms with van der Waals surface area (Å²) in [6.07, 6.45) is 8.97. The molecule has 2 aromatic carbocycles. The predicted octanol–water partition coefficient (Wildman–Crippen LogP) is 5.49. The lowest BCUT2D eigenvalue weighted by molar-refractivity contribution is -0.0722. The second-order valence-corrected chi connectivity index (χ2v) is 9.52. The van der Waals surface area contributed by atoms with Gasteiger partial charge in [0.05, 0.1) is 59.0 Å². The Morgan fingerprint density at radius 3 is 2.23 bits per heavy atom. The molecule has 2 aliphatic rings. The molecule has 0 saturated carbocycles. The first-order valence-corrected chi connectivity index (χ1v) is 12.8. The van der Waals surface area contributed by atoms with Gasteiger partial charge in [-0.05, 0) is 24.1 Å². The molecule has 1 heterocycles. The molecule has 6 nitrogen and oxygen atoms in total. The number of aromatic hydroxyl groups is 1. The highest BCUT2D eigenvalue weighted by atomic mass is 79.9. The summed E-state index contributed by atoms with van der Waals surface area (Å²) in [6.45, 7) is 3.17. The normalized spacial score (nSPS) is 25.0. The van der Waals surface area contributed by atoms with E-state index in [0.29, 0.717) is 50.8 Å². The Labute approximate surface area is 215 Å². The van der Waals surface area contributed by atoms with Crippen molar-refractivity contribution in [2.45, 2.75) is 31.8 Å². The van der Waals surface area contributed by atoms with Crippen LogP contribution >= 0.6 is 15.9 Å². The van der Waals surface area contributed by atoms with Crippen LogP contribution in [-0.4, -0.2) is 50.9 Å². The third-order valence-electron chi connectivity index (χ3n) is 6.07. The summed E-state index contributed by atoms with van der Waals surface area (Å²) >= 11 is 3.55. The highest BCUT2D eigenvalue weighted by Crippen LogP contribution is 2.30. The summed E-state index contributed by atoms with van der Waals surface area (Å²) in [5.41, 5.74) is 2.44. The maximum absolute atomic E-state index is 10.9. The smallest absolute Gasteiger partial charge is 0.126 e. The SMILES string of the molecule is Oc1c2cc(Br)cc1COC[C@H](C1C=CC=CC1)OCCOCCO[C@@H](c1ccccc1)COC2. The lowest BCUT2D eigenvalue weighted by Gasteiger charge is -2.26. The Morgan fingerprint density at radius 2 is 1.51 bits per heavy atom. The Bertz CT molecular complexity index is 977. The molecule has 2 bridgehead atoms. The van der Waals surface area contributed by atoms with Crippen LogP contribution in [0.15, 0.2) is 71.2 Å². The Morgan fingerprint density at radius 1 is 0.800 bits per heavy atom. The van der Waals surface area contributed by atoms with Gasteiger partial charge in [-0.2, -0.15) is 0 Å². The molecule has 0 fully saturated rings. The van der Waals surface area contributed by atoms with Crippen molar-refractivity contribution in [3.63, 3.8) is 0 Å². The molecule has 2 aromatic rings. The number of hydrogen-bond acceptors (Lipinski definition) is 6. The van der Waals surface area contributed by atoms with E-state index in [4.69, 9.17) is 23.7 Å². The van der Waals surface area contributed by atoms with E-state index in [-0.39, 0.29) is 37.1 Å². The molecule has 0 amide bonds. The fourth-order valence-corrected chi connectivity index (χ4v) is 4.74. The van der Waals surface area contributed by atoms with Crippen LogP contribution in [0.2, 0.25) is 0 Å². The minimum Gasteiger partial charge on any atom is -0.507 e. The number of rotatable bonds is 2. The summed E-state index contributed by atoms with van der Waals surface area (Å²) in [6, 6.07) is 13.7. The van der Waals surface area contributed by atoms with Crippen LogP contribution in [0.1, 0.15) is 29.2 Å². The molecule has 0 spiro atoms. The average molecular weight is 545 g/mol. The molecular weight excluding hydrogens is 512 g/mol. The van der Waals surface area contributed by atoms with Crippen LogP contribution < -0.4 is 0 Å². The van der Waals surface area contributed by atoms with E-state index in [0.717, 1.165) is 16.5 Å². The zero-order valence-electron chi connectivity index (χ0n) is 19.8. The topological polar surface area (TPSA) is 66.4 Å². The van der Waals surface area contributed by atoms with E-state index in [9.17, 15) is 5.11 Å². The number of halogens is 1. The van der Waals surface area contributed by atoms with E-state index >= 15 is 0 Å². The highest BCUT2D eigenvalue weighted by molar-refractivity contribution is 9.10. The van der Waals surface area contributed by atoms with Crippen molar-refractivity contribution in [2.75, 3.05) is 39.6 Å². The molecule has 3 atom stereocenters. The van der Waals surface area contributed by atoms with Crippen molar-refractivity contribution < 1.29 is 28.8 Å². The van der Waals surface area contributed by atoms with Gasteiger partial charge in [-0.15, -0.1) is 0 Å². The quantitative estimate of drug-likeness (QED) is 0.538. The van der Waals surface area contributed by atoms with Gasteiger partial charge in [0.15, 0.2) is 0 Å². The molecule has 7 heteroatoms. The zero-order valence-corrected chi connectivity index (χ0v) is 21.4. The van der Waals surface area contributed by atoms with Crippen LogP contribution in [0.4, 0.5) is 0 Å². The number of ether oxygens (including phenoxy) is 5. The zero-order chi connectivity index (χ0) is 24.3. The van der Waals surface area contributed by atoms with Gasteiger partial charge in [0.25, 0.3) is 0 Å². The molecule has 1 aliphatic carbocycles. The van der Waals surface area contributed by atoms with Crippen molar-refractivity contribution in [1.82, 2.24) is 0 Å². The molecule has 0 saturated heterocycles. The summed E-state index contributed by atoms with van der Waals surface area (Å²) in [4.78, 5) is 0. The van der Waals surface area contributed by atoms with Gasteiger partial charge in [-0.3, -0.25) is 0 Å². The number of allylic oxidation sites excluding steroid dienone is 3. The van der Waals surface area contributed by atoms with Crippen molar-refractivity contribution in [1.29, 1.82) is 0 Å². The highest BCUT2D eigenvalue weighted by Gasteiger charge is 2.21. The van der Waals surface area contributed by atoms with Crippen LogP contribution in [-0.2, 0) is 36.9 Å². The molecule has 0 aromatic heterocycles. The van der Waals surface area contributed by atoms with Crippen LogP contribution in [0.3, 0.4) is 0 Å². The Hall–Kier alpha value is -2.00. The van der Waals surface area contributed by atoms with Gasteiger partial charge < -0.3 is 28.8 Å². The van der Waals surface area contributed by atoms with Gasteiger partial charge in [-0.25, -0.2) is 0 Å². The third kappa shape index (κ3) is 8.00. The summed E-state index contributed by atoms with van der Waals surface area (Å²) < 4.78 is 30.9. The largest absolute Gasteiger partial charge is 0.507 e. The summed E-state index contributed by atoms with van der Waals surface area (Å²) in [5.74, 6) is 0.429. The van der Waals surface area contributed by atoms with Crippen LogP contribution in [0.25, 0.3) is 0 Å². The van der Waals surface area contributed by atoms with Crippen LogP contribution in [0.5, 0.6) is 5.75 Å². The average Bonchev–Trinajstić information content (AvgIpc) is 2.88. The first-order chi connectivity index (χ1) is 17.2. The van der Waals surface area contributed by atoms with Crippen molar-refractivity contribution >= 4 is 15.9 Å². The van der Waals surface area contributed by atoms with Gasteiger partial charge in [0.2, 0.25) is 0 Å². The number of phenols is 1. The fraction of sp³-hybridized carbons (Fsp3) is 0.429. The maximum Gasteiger partial charge on any atom is 0.126 e. The lowest BCUT2D eigenvalue weighted by Crippen LogP contribution is -2.30. The Balaban J connectivity index is 1.47. The van der Waals surface area contributed by atoms with E-state index in [2.05, 4.69) is 28.1 Å². The molecular formula is C28H33BrO6. The number of fused-ring (bicyclic) bond motifs is 2. The van der Waals surface area contributed by atoms with Crippen LogP contribution in [0, 0.1) is 5.92 Å². The van der Waals surface area contributed by atoms with E-state index < -0.39 is 0 Å². The van der Waals surface area contributed by atoms with Gasteiger partial charge >= 0.3 is 0 Å². The second kappa shape index (κ2) is 13.9.